The number of fused-ring (bicyclic) bond motifs is 1. The Morgan fingerprint density at radius 2 is 1.86 bits per heavy atom. The molecule has 13 heteroatoms. The number of anilines is 1. The van der Waals surface area contributed by atoms with E-state index in [1.807, 2.05) is 18.2 Å². The third-order valence-electron chi connectivity index (χ3n) is 5.92. The van der Waals surface area contributed by atoms with Gasteiger partial charge in [-0.3, -0.25) is 0 Å². The van der Waals surface area contributed by atoms with E-state index in [4.69, 9.17) is 36.7 Å². The Morgan fingerprint density at radius 3 is 2.49 bits per heavy atom. The van der Waals surface area contributed by atoms with Crippen LogP contribution in [0, 0.1) is 0 Å². The van der Waals surface area contributed by atoms with Crippen LogP contribution >= 0.6 is 11.6 Å². The Labute approximate surface area is 215 Å². The van der Waals surface area contributed by atoms with Crippen LogP contribution in [0.2, 0.25) is 5.02 Å². The van der Waals surface area contributed by atoms with Gasteiger partial charge in [0.1, 0.15) is 29.8 Å². The molecule has 1 unspecified atom stereocenters. The van der Waals surface area contributed by atoms with E-state index < -0.39 is 24.3 Å². The van der Waals surface area contributed by atoms with Crippen LogP contribution < -0.4 is 20.5 Å². The SMILES string of the molecule is NC(=O)Nc1ccccc1OCC(O)CN1CCC2(CC1)Cc1cc(Cl)ccc1O2.O=C(O)C(F)(F)F. The highest BCUT2D eigenvalue weighted by Gasteiger charge is 2.42. The van der Waals surface area contributed by atoms with Gasteiger partial charge in [-0.15, -0.1) is 0 Å². The van der Waals surface area contributed by atoms with Gasteiger partial charge in [0.25, 0.3) is 0 Å². The number of primary amides is 1. The summed E-state index contributed by atoms with van der Waals surface area (Å²) in [6.45, 7) is 2.33. The van der Waals surface area contributed by atoms with E-state index in [9.17, 15) is 23.1 Å². The summed E-state index contributed by atoms with van der Waals surface area (Å²) in [5.74, 6) is -1.35. The van der Waals surface area contributed by atoms with Gasteiger partial charge in [-0.1, -0.05) is 23.7 Å². The molecular weight excluding hydrogens is 519 g/mol. The number of alkyl halides is 3. The molecule has 4 rings (SSSR count). The number of carboxylic acids is 1. The van der Waals surface area contributed by atoms with E-state index in [1.165, 1.54) is 5.56 Å². The fraction of sp³-hybridized carbons (Fsp3) is 0.417. The quantitative estimate of drug-likeness (QED) is 0.435. The van der Waals surface area contributed by atoms with Gasteiger partial charge in [0.2, 0.25) is 0 Å². The molecule has 0 aliphatic carbocycles. The lowest BCUT2D eigenvalue weighted by molar-refractivity contribution is -0.192. The first-order valence-corrected chi connectivity index (χ1v) is 11.7. The molecule has 1 saturated heterocycles. The van der Waals surface area contributed by atoms with E-state index in [-0.39, 0.29) is 12.2 Å². The van der Waals surface area contributed by atoms with Crippen molar-refractivity contribution in [2.75, 3.05) is 31.6 Å². The summed E-state index contributed by atoms with van der Waals surface area (Å²) in [7, 11) is 0. The van der Waals surface area contributed by atoms with Crippen LogP contribution in [-0.4, -0.2) is 71.2 Å². The first-order valence-electron chi connectivity index (χ1n) is 11.3. The van der Waals surface area contributed by atoms with Crippen molar-refractivity contribution in [1.29, 1.82) is 0 Å². The molecule has 202 valence electrons. The number of halogens is 4. The van der Waals surface area contributed by atoms with Gasteiger partial charge < -0.3 is 35.6 Å². The number of hydrogen-bond donors (Lipinski definition) is 4. The molecule has 1 fully saturated rings. The third-order valence-corrected chi connectivity index (χ3v) is 6.15. The molecule has 2 aliphatic rings. The van der Waals surface area contributed by atoms with Crippen molar-refractivity contribution in [1.82, 2.24) is 4.90 Å². The third kappa shape index (κ3) is 8.14. The molecule has 0 radical (unpaired) electrons. The maximum absolute atomic E-state index is 11.1. The molecule has 0 bridgehead atoms. The van der Waals surface area contributed by atoms with E-state index in [0.29, 0.717) is 18.0 Å². The number of aliphatic hydroxyl groups excluding tert-OH is 1. The van der Waals surface area contributed by atoms with Crippen LogP contribution in [0.25, 0.3) is 0 Å². The number of ether oxygens (including phenoxy) is 2. The average Bonchev–Trinajstić information content (AvgIpc) is 3.16. The van der Waals surface area contributed by atoms with Gasteiger partial charge in [-0.2, -0.15) is 13.2 Å². The zero-order valence-corrected chi connectivity index (χ0v) is 20.4. The zero-order valence-electron chi connectivity index (χ0n) is 19.6. The Kier molecular flexibility index (Phi) is 9.11. The number of urea groups is 1. The molecule has 2 heterocycles. The fourth-order valence-corrected chi connectivity index (χ4v) is 4.38. The number of benzene rings is 2. The van der Waals surface area contributed by atoms with E-state index in [0.717, 1.165) is 43.1 Å². The number of rotatable bonds is 6. The number of carbonyl (C=O) groups excluding carboxylic acids is 1. The van der Waals surface area contributed by atoms with Crippen LogP contribution in [0.5, 0.6) is 11.5 Å². The zero-order chi connectivity index (χ0) is 27.2. The summed E-state index contributed by atoms with van der Waals surface area (Å²) in [5.41, 5.74) is 6.67. The monoisotopic (exact) mass is 545 g/mol. The Balaban J connectivity index is 0.000000479. The van der Waals surface area contributed by atoms with Crippen molar-refractivity contribution in [2.45, 2.75) is 37.1 Å². The van der Waals surface area contributed by atoms with Crippen molar-refractivity contribution >= 4 is 29.3 Å². The normalized spacial score (nSPS) is 17.1. The highest BCUT2D eigenvalue weighted by Crippen LogP contribution is 2.42. The van der Waals surface area contributed by atoms with E-state index in [2.05, 4.69) is 10.2 Å². The van der Waals surface area contributed by atoms with Crippen molar-refractivity contribution in [2.24, 2.45) is 5.73 Å². The van der Waals surface area contributed by atoms with E-state index in [1.54, 1.807) is 24.3 Å². The summed E-state index contributed by atoms with van der Waals surface area (Å²) < 4.78 is 43.7. The minimum absolute atomic E-state index is 0.125. The second-order valence-electron chi connectivity index (χ2n) is 8.77. The minimum atomic E-state index is -5.08. The molecule has 1 spiro atoms. The van der Waals surface area contributed by atoms with Crippen LogP contribution in [0.15, 0.2) is 42.5 Å². The molecule has 2 amide bonds. The number of nitrogens with one attached hydrogen (secondary N) is 1. The maximum Gasteiger partial charge on any atom is 0.490 e. The molecule has 2 aliphatic heterocycles. The number of piperidine rings is 1. The number of carbonyl (C=O) groups is 2. The van der Waals surface area contributed by atoms with E-state index >= 15 is 0 Å². The largest absolute Gasteiger partial charge is 0.490 e. The molecule has 9 nitrogen and oxygen atoms in total. The number of nitrogens with zero attached hydrogens (tertiary/aromatic N) is 1. The number of carboxylic acid groups (broad SMARTS) is 1. The first kappa shape index (κ1) is 28.4. The predicted octanol–water partition coefficient (Wildman–Crippen LogP) is 3.67. The lowest BCUT2D eigenvalue weighted by atomic mass is 9.87. The molecule has 5 N–H and O–H groups in total. The van der Waals surface area contributed by atoms with Gasteiger partial charge in [0, 0.05) is 43.9 Å². The number of hydrogen-bond acceptors (Lipinski definition) is 6. The topological polar surface area (TPSA) is 134 Å². The number of β-amino-alcohol motifs (C(OH)–C–C–N with tert-alkyl or cyclic N) is 1. The standard InChI is InChI=1S/C22H26ClN3O4.C2HF3O2/c23-16-5-6-19-15(11-16)12-22(30-19)7-9-26(10-8-22)13-17(27)14-29-20-4-2-1-3-18(20)25-21(24)28;3-2(4,5)1(6)7/h1-6,11,17,27H,7-10,12-14H2,(H3,24,25,28);(H,6,7). The van der Waals surface area contributed by atoms with Crippen LogP contribution in [0.3, 0.4) is 0 Å². The fourth-order valence-electron chi connectivity index (χ4n) is 4.19. The van der Waals surface area contributed by atoms with Crippen LogP contribution in [-0.2, 0) is 11.2 Å². The van der Waals surface area contributed by atoms with Crippen LogP contribution in [0.4, 0.5) is 23.7 Å². The van der Waals surface area contributed by atoms with Gasteiger partial charge in [0.15, 0.2) is 0 Å². The summed E-state index contributed by atoms with van der Waals surface area (Å²) in [4.78, 5) is 22.2. The number of amides is 2. The van der Waals surface area contributed by atoms with Crippen molar-refractivity contribution in [3.05, 3.63) is 53.1 Å². The second kappa shape index (κ2) is 11.9. The average molecular weight is 546 g/mol. The molecule has 1 atom stereocenters. The molecule has 37 heavy (non-hydrogen) atoms. The number of nitrogens with two attached hydrogens (primary N) is 1. The highest BCUT2D eigenvalue weighted by atomic mass is 35.5. The molecule has 0 saturated carbocycles. The highest BCUT2D eigenvalue weighted by molar-refractivity contribution is 6.30. The molecular formula is C24H27ClF3N3O6. The first-order chi connectivity index (χ1) is 17.4. The van der Waals surface area contributed by atoms with Crippen molar-refractivity contribution < 1.29 is 42.4 Å². The number of likely N-dealkylation sites (tertiary alicyclic amines) is 1. The second-order valence-corrected chi connectivity index (χ2v) is 9.20. The van der Waals surface area contributed by atoms with Crippen LogP contribution in [0.1, 0.15) is 18.4 Å². The lowest BCUT2D eigenvalue weighted by Gasteiger charge is -2.39. The number of aliphatic carboxylic acids is 1. The number of para-hydroxylation sites is 2. The maximum atomic E-state index is 11.1. The molecule has 0 aromatic heterocycles. The summed E-state index contributed by atoms with van der Waals surface area (Å²) in [6, 6.07) is 12.1. The minimum Gasteiger partial charge on any atom is -0.489 e. The number of aliphatic hydroxyl groups is 1. The van der Waals surface area contributed by atoms with Gasteiger partial charge in [-0.05, 0) is 35.9 Å². The van der Waals surface area contributed by atoms with Gasteiger partial charge in [-0.25, -0.2) is 9.59 Å². The predicted molar refractivity (Wildman–Crippen MR) is 129 cm³/mol. The van der Waals surface area contributed by atoms with Crippen molar-refractivity contribution in [3.63, 3.8) is 0 Å². The Hall–Kier alpha value is -3.22. The Morgan fingerprint density at radius 1 is 1.22 bits per heavy atom. The Bertz CT molecular complexity index is 1110. The van der Waals surface area contributed by atoms with Crippen molar-refractivity contribution in [3.8, 4) is 11.5 Å². The lowest BCUT2D eigenvalue weighted by Crippen LogP contribution is -2.49. The summed E-state index contributed by atoms with van der Waals surface area (Å²) in [6.07, 6.45) is -3.05. The summed E-state index contributed by atoms with van der Waals surface area (Å²) >= 11 is 6.11. The smallest absolute Gasteiger partial charge is 0.489 e. The molecule has 2 aromatic carbocycles. The molecule has 2 aromatic rings. The van der Waals surface area contributed by atoms with Gasteiger partial charge >= 0.3 is 18.2 Å². The summed E-state index contributed by atoms with van der Waals surface area (Å²) in [5, 5.41) is 20.8. The van der Waals surface area contributed by atoms with Gasteiger partial charge in [0.05, 0.1) is 5.69 Å².